The molecule has 0 aliphatic rings. The number of hydrogen-bond donors (Lipinski definition) is 0. The number of aromatic nitrogens is 2. The number of fused-ring (bicyclic) bond motifs is 1. The zero-order valence-corrected chi connectivity index (χ0v) is 14.9. The molecule has 0 aliphatic heterocycles. The highest BCUT2D eigenvalue weighted by molar-refractivity contribution is 7.88. The van der Waals surface area contributed by atoms with Crippen molar-refractivity contribution < 1.29 is 25.8 Å². The van der Waals surface area contributed by atoms with E-state index < -0.39 is 29.6 Å². The van der Waals surface area contributed by atoms with E-state index in [2.05, 4.69) is 25.8 Å². The summed E-state index contributed by atoms with van der Waals surface area (Å²) in [6.45, 7) is 6.00. The van der Waals surface area contributed by atoms with Crippen LogP contribution >= 0.6 is 11.3 Å². The first kappa shape index (κ1) is 17.7. The molecule has 2 aromatic heterocycles. The van der Waals surface area contributed by atoms with Crippen LogP contribution in [0.15, 0.2) is 11.6 Å². The van der Waals surface area contributed by atoms with Crippen molar-refractivity contribution in [2.75, 3.05) is 0 Å². The molecule has 11 heteroatoms. The molecule has 2 heterocycles. The third kappa shape index (κ3) is 4.01. The lowest BCUT2D eigenvalue weighted by atomic mass is 10.2. The molecular formula is C12H11F3N2O3S2Si. The van der Waals surface area contributed by atoms with Crippen molar-refractivity contribution in [1.29, 1.82) is 0 Å². The summed E-state index contributed by atoms with van der Waals surface area (Å²) in [5.74, 6) is 2.15. The molecule has 0 atom stereocenters. The van der Waals surface area contributed by atoms with Gasteiger partial charge in [0.05, 0.1) is 16.3 Å². The number of nitrogens with zero attached hydrogens (tertiary/aromatic N) is 2. The van der Waals surface area contributed by atoms with E-state index in [-0.39, 0.29) is 5.39 Å². The third-order valence-electron chi connectivity index (χ3n) is 2.40. The van der Waals surface area contributed by atoms with Crippen molar-refractivity contribution in [3.05, 3.63) is 17.1 Å². The molecule has 2 aromatic rings. The summed E-state index contributed by atoms with van der Waals surface area (Å²) in [6, 6.07) is 0. The third-order valence-corrected chi connectivity index (χ3v) is 5.14. The van der Waals surface area contributed by atoms with Crippen LogP contribution in [0.5, 0.6) is 5.88 Å². The summed E-state index contributed by atoms with van der Waals surface area (Å²) in [4.78, 5) is 0. The van der Waals surface area contributed by atoms with E-state index in [9.17, 15) is 21.6 Å². The normalized spacial score (nSPS) is 12.8. The average molecular weight is 380 g/mol. The second kappa shape index (κ2) is 5.77. The van der Waals surface area contributed by atoms with Gasteiger partial charge in [0.2, 0.25) is 0 Å². The zero-order valence-electron chi connectivity index (χ0n) is 12.2. The lowest BCUT2D eigenvalue weighted by Gasteiger charge is -2.09. The van der Waals surface area contributed by atoms with Crippen LogP contribution in [0, 0.1) is 11.5 Å². The van der Waals surface area contributed by atoms with Crippen LogP contribution < -0.4 is 4.18 Å². The topological polar surface area (TPSA) is 69.2 Å². The van der Waals surface area contributed by atoms with Crippen molar-refractivity contribution in [3.8, 4) is 17.3 Å². The van der Waals surface area contributed by atoms with E-state index >= 15 is 0 Å². The van der Waals surface area contributed by atoms with Crippen LogP contribution in [0.3, 0.4) is 0 Å². The second-order valence-electron chi connectivity index (χ2n) is 5.52. The van der Waals surface area contributed by atoms with Gasteiger partial charge in [-0.05, 0) is 0 Å². The molecule has 0 bridgehead atoms. The molecule has 0 N–H and O–H groups in total. The lowest BCUT2D eigenvalue weighted by Crippen LogP contribution is -2.28. The van der Waals surface area contributed by atoms with Crippen LogP contribution in [-0.2, 0) is 10.1 Å². The van der Waals surface area contributed by atoms with E-state index in [0.717, 1.165) is 0 Å². The van der Waals surface area contributed by atoms with Crippen molar-refractivity contribution in [2.45, 2.75) is 25.1 Å². The Hall–Kier alpha value is -1.64. The van der Waals surface area contributed by atoms with Gasteiger partial charge in [0.15, 0.2) is 0 Å². The molecule has 0 fully saturated rings. The Bertz CT molecular complexity index is 905. The monoisotopic (exact) mass is 380 g/mol. The first-order valence-electron chi connectivity index (χ1n) is 6.17. The molecule has 0 aliphatic carbocycles. The van der Waals surface area contributed by atoms with Gasteiger partial charge >= 0.3 is 15.6 Å². The lowest BCUT2D eigenvalue weighted by molar-refractivity contribution is -0.0501. The fraction of sp³-hybridized carbons (Fsp3) is 0.333. The van der Waals surface area contributed by atoms with Gasteiger partial charge in [0, 0.05) is 10.9 Å². The molecule has 5 nitrogen and oxygen atoms in total. The number of hydrogen-bond acceptors (Lipinski definition) is 6. The Morgan fingerprint density at radius 3 is 2.52 bits per heavy atom. The summed E-state index contributed by atoms with van der Waals surface area (Å²) >= 11 is 1.17. The van der Waals surface area contributed by atoms with Gasteiger partial charge in [-0.15, -0.1) is 22.0 Å². The van der Waals surface area contributed by atoms with Crippen LogP contribution in [0.1, 0.15) is 5.56 Å². The quantitative estimate of drug-likeness (QED) is 0.346. The Labute approximate surface area is 135 Å². The molecule has 0 spiro atoms. The second-order valence-corrected chi connectivity index (χ2v) is 12.7. The zero-order chi connectivity index (χ0) is 17.5. The maximum Gasteiger partial charge on any atom is 0.534 e. The number of rotatable bonds is 2. The smallest absolute Gasteiger partial charge is 0.353 e. The molecule has 0 unspecified atom stereocenters. The molecule has 0 amide bonds. The molecule has 0 saturated carbocycles. The maximum atomic E-state index is 12.5. The van der Waals surface area contributed by atoms with E-state index in [1.54, 1.807) is 5.38 Å². The van der Waals surface area contributed by atoms with Crippen molar-refractivity contribution in [2.24, 2.45) is 0 Å². The number of alkyl halides is 3. The highest BCUT2D eigenvalue weighted by atomic mass is 32.2. The predicted octanol–water partition coefficient (Wildman–Crippen LogP) is 3.15. The SMILES string of the molecule is C[Si](C)(C)C#Cc1csc2cnnc(OS(=O)(=O)C(F)(F)F)c12. The minimum absolute atomic E-state index is 0.114. The van der Waals surface area contributed by atoms with Crippen molar-refractivity contribution >= 4 is 39.6 Å². The first-order chi connectivity index (χ1) is 10.4. The van der Waals surface area contributed by atoms with Gasteiger partial charge < -0.3 is 4.18 Å². The van der Waals surface area contributed by atoms with Gasteiger partial charge in [-0.3, -0.25) is 0 Å². The summed E-state index contributed by atoms with van der Waals surface area (Å²) in [6.07, 6.45) is 1.31. The molecule has 0 aromatic carbocycles. The molecule has 0 radical (unpaired) electrons. The standard InChI is InChI=1S/C12H11F3N2O3S2Si/c1-23(2,3)5-4-8-7-21-9-6-16-17-11(10(8)9)20-22(18,19)12(13,14)15/h6-7H,1-3H3. The minimum Gasteiger partial charge on any atom is -0.353 e. The Morgan fingerprint density at radius 1 is 1.30 bits per heavy atom. The summed E-state index contributed by atoms with van der Waals surface area (Å²) in [5.41, 5.74) is -2.12. The maximum absolute atomic E-state index is 12.5. The summed E-state index contributed by atoms with van der Waals surface area (Å²) in [7, 11) is -7.54. The van der Waals surface area contributed by atoms with Gasteiger partial charge in [-0.2, -0.15) is 26.7 Å². The Balaban J connectivity index is 2.58. The Morgan fingerprint density at radius 2 is 1.96 bits per heavy atom. The van der Waals surface area contributed by atoms with Gasteiger partial charge in [-0.1, -0.05) is 25.6 Å². The van der Waals surface area contributed by atoms with E-state index in [0.29, 0.717) is 10.3 Å². The number of thiophene rings is 1. The average Bonchev–Trinajstić information content (AvgIpc) is 2.78. The summed E-state index contributed by atoms with van der Waals surface area (Å²) < 4.78 is 64.3. The Kier molecular flexibility index (Phi) is 4.44. The molecule has 2 rings (SSSR count). The summed E-state index contributed by atoms with van der Waals surface area (Å²) in [5, 5.41) is 8.57. The first-order valence-corrected chi connectivity index (χ1v) is 12.0. The predicted molar refractivity (Wildman–Crippen MR) is 83.2 cm³/mol. The fourth-order valence-corrected chi connectivity index (χ4v) is 3.20. The molecule has 0 saturated heterocycles. The minimum atomic E-state index is -5.82. The number of halogens is 3. The molecule has 124 valence electrons. The molecule has 23 heavy (non-hydrogen) atoms. The van der Waals surface area contributed by atoms with Gasteiger partial charge in [0.25, 0.3) is 5.88 Å². The van der Waals surface area contributed by atoms with Crippen LogP contribution in [0.2, 0.25) is 19.6 Å². The van der Waals surface area contributed by atoms with Crippen LogP contribution in [0.4, 0.5) is 13.2 Å². The largest absolute Gasteiger partial charge is 0.534 e. The van der Waals surface area contributed by atoms with Crippen molar-refractivity contribution in [1.82, 2.24) is 10.2 Å². The van der Waals surface area contributed by atoms with Crippen LogP contribution in [0.25, 0.3) is 10.1 Å². The van der Waals surface area contributed by atoms with Gasteiger partial charge in [0.1, 0.15) is 8.07 Å². The van der Waals surface area contributed by atoms with E-state index in [4.69, 9.17) is 0 Å². The van der Waals surface area contributed by atoms with Crippen LogP contribution in [-0.4, -0.2) is 32.2 Å². The van der Waals surface area contributed by atoms with E-state index in [1.807, 2.05) is 19.6 Å². The van der Waals surface area contributed by atoms with Gasteiger partial charge in [-0.25, -0.2) is 0 Å². The molecular weight excluding hydrogens is 369 g/mol. The van der Waals surface area contributed by atoms with E-state index in [1.165, 1.54) is 17.5 Å². The highest BCUT2D eigenvalue weighted by Crippen LogP contribution is 2.34. The van der Waals surface area contributed by atoms with Crippen molar-refractivity contribution in [3.63, 3.8) is 0 Å². The fourth-order valence-electron chi connectivity index (χ4n) is 1.43. The highest BCUT2D eigenvalue weighted by Gasteiger charge is 2.49.